The summed E-state index contributed by atoms with van der Waals surface area (Å²) < 4.78 is 15.4. The molecular formula is C8H17N3O3. The normalized spacial score (nSPS) is 14.5. The molecule has 6 heteroatoms. The number of rotatable bonds is 8. The zero-order valence-corrected chi connectivity index (χ0v) is 8.84. The fourth-order valence-electron chi connectivity index (χ4n) is 0.995. The molecule has 0 amide bonds. The van der Waals surface area contributed by atoms with Gasteiger partial charge < -0.3 is 14.2 Å². The topological polar surface area (TPSA) is 76.5 Å². The lowest BCUT2D eigenvalue weighted by Gasteiger charge is -2.18. The molecule has 0 aliphatic carbocycles. The van der Waals surface area contributed by atoms with Crippen LogP contribution in [-0.4, -0.2) is 39.3 Å². The van der Waals surface area contributed by atoms with Crippen LogP contribution >= 0.6 is 0 Å². The lowest BCUT2D eigenvalue weighted by molar-refractivity contribution is -0.0636. The molecule has 0 bridgehead atoms. The summed E-state index contributed by atoms with van der Waals surface area (Å²) in [7, 11) is 1.63. The second-order valence-electron chi connectivity index (χ2n) is 2.94. The molecule has 82 valence electrons. The summed E-state index contributed by atoms with van der Waals surface area (Å²) in [5, 5.41) is 3.24. The first-order chi connectivity index (χ1) is 6.70. The van der Waals surface area contributed by atoms with Crippen LogP contribution in [-0.2, 0) is 14.2 Å². The summed E-state index contributed by atoms with van der Waals surface area (Å²) in [6, 6.07) is 0. The van der Waals surface area contributed by atoms with Crippen molar-refractivity contribution in [2.75, 3.05) is 27.1 Å². The third-order valence-electron chi connectivity index (χ3n) is 1.43. The average molecular weight is 203 g/mol. The van der Waals surface area contributed by atoms with Crippen LogP contribution < -0.4 is 0 Å². The minimum absolute atomic E-state index is 0.0333. The summed E-state index contributed by atoms with van der Waals surface area (Å²) in [5.41, 5.74) is 7.98. The van der Waals surface area contributed by atoms with E-state index in [1.807, 2.05) is 13.8 Å². The Labute approximate surface area is 83.8 Å². The molecule has 0 aromatic heterocycles. The van der Waals surface area contributed by atoms with Crippen molar-refractivity contribution >= 4 is 0 Å². The molecule has 0 saturated carbocycles. The van der Waals surface area contributed by atoms with Gasteiger partial charge in [0.2, 0.25) is 0 Å². The predicted molar refractivity (Wildman–Crippen MR) is 51.9 cm³/mol. The van der Waals surface area contributed by atoms with Crippen molar-refractivity contribution in [3.8, 4) is 0 Å². The van der Waals surface area contributed by atoms with Gasteiger partial charge in [0.25, 0.3) is 0 Å². The molecule has 14 heavy (non-hydrogen) atoms. The van der Waals surface area contributed by atoms with Crippen molar-refractivity contribution < 1.29 is 14.2 Å². The maximum absolute atomic E-state index is 7.98. The summed E-state index contributed by atoms with van der Waals surface area (Å²) in [6.07, 6.45) is 0.00658. The van der Waals surface area contributed by atoms with Gasteiger partial charge in [0.15, 0.2) is 0 Å². The highest BCUT2D eigenvalue weighted by atomic mass is 16.6. The van der Waals surface area contributed by atoms with E-state index in [-0.39, 0.29) is 18.9 Å². The van der Waals surface area contributed by atoms with Crippen molar-refractivity contribution in [3.63, 3.8) is 0 Å². The second-order valence-corrected chi connectivity index (χ2v) is 2.94. The first-order valence-electron chi connectivity index (χ1n) is 4.43. The average Bonchev–Trinajstić information content (AvgIpc) is 2.13. The van der Waals surface area contributed by atoms with Gasteiger partial charge in [-0.1, -0.05) is 5.11 Å². The molecule has 0 aromatic rings. The number of methoxy groups -OCH3 is 1. The van der Waals surface area contributed by atoms with Crippen LogP contribution in [0.2, 0.25) is 0 Å². The number of hydrogen-bond acceptors (Lipinski definition) is 4. The summed E-state index contributed by atoms with van der Waals surface area (Å²) in [4.78, 5) is 2.56. The molecule has 0 N–H and O–H groups in total. The van der Waals surface area contributed by atoms with Crippen molar-refractivity contribution in [1.82, 2.24) is 0 Å². The highest BCUT2D eigenvalue weighted by Crippen LogP contribution is 1.99. The van der Waals surface area contributed by atoms with Crippen molar-refractivity contribution in [3.05, 3.63) is 10.4 Å². The van der Waals surface area contributed by atoms with Gasteiger partial charge >= 0.3 is 0 Å². The van der Waals surface area contributed by atoms with E-state index < -0.39 is 0 Å². The fourth-order valence-corrected chi connectivity index (χ4v) is 0.995. The number of nitrogens with zero attached hydrogens (tertiary/aromatic N) is 3. The molecule has 2 unspecified atom stereocenters. The fraction of sp³-hybridized carbons (Fsp3) is 1.00. The van der Waals surface area contributed by atoms with E-state index in [0.717, 1.165) is 0 Å². The molecule has 0 saturated heterocycles. The Morgan fingerprint density at radius 3 is 2.50 bits per heavy atom. The van der Waals surface area contributed by atoms with E-state index in [4.69, 9.17) is 19.7 Å². The molecular weight excluding hydrogens is 186 g/mol. The first kappa shape index (κ1) is 13.2. The van der Waals surface area contributed by atoms with Gasteiger partial charge in [-0.25, -0.2) is 0 Å². The molecule has 0 fully saturated rings. The molecule has 0 spiro atoms. The summed E-state index contributed by atoms with van der Waals surface area (Å²) in [6.45, 7) is 4.83. The van der Waals surface area contributed by atoms with Gasteiger partial charge in [-0.15, -0.1) is 0 Å². The molecule has 2 atom stereocenters. The van der Waals surface area contributed by atoms with Crippen LogP contribution in [0.25, 0.3) is 10.4 Å². The smallest absolute Gasteiger partial charge is 0.126 e. The number of hydrogen-bond donors (Lipinski definition) is 0. The molecule has 0 aliphatic heterocycles. The van der Waals surface area contributed by atoms with Crippen LogP contribution in [0.4, 0.5) is 0 Å². The van der Waals surface area contributed by atoms with Gasteiger partial charge in [-0.3, -0.25) is 0 Å². The highest BCUT2D eigenvalue weighted by Gasteiger charge is 2.07. The zero-order valence-electron chi connectivity index (χ0n) is 8.84. The van der Waals surface area contributed by atoms with E-state index in [0.29, 0.717) is 13.2 Å². The number of ether oxygens (including phenoxy) is 3. The first-order valence-corrected chi connectivity index (χ1v) is 4.43. The summed E-state index contributed by atoms with van der Waals surface area (Å²) in [5.74, 6) is 0. The third-order valence-corrected chi connectivity index (χ3v) is 1.43. The molecule has 0 aromatic carbocycles. The van der Waals surface area contributed by atoms with Gasteiger partial charge in [-0.05, 0) is 19.4 Å². The minimum Gasteiger partial charge on any atom is -0.382 e. The maximum Gasteiger partial charge on any atom is 0.126 e. The monoisotopic (exact) mass is 203 g/mol. The molecule has 0 rings (SSSR count). The Morgan fingerprint density at radius 1 is 1.29 bits per heavy atom. The molecule has 0 radical (unpaired) electrons. The maximum atomic E-state index is 7.98. The van der Waals surface area contributed by atoms with Gasteiger partial charge in [-0.2, -0.15) is 0 Å². The van der Waals surface area contributed by atoms with Crippen molar-refractivity contribution in [2.45, 2.75) is 26.1 Å². The number of azide groups is 1. The zero-order chi connectivity index (χ0) is 10.8. The lowest BCUT2D eigenvalue weighted by Crippen LogP contribution is -2.24. The Bertz CT molecular complexity index is 183. The van der Waals surface area contributed by atoms with E-state index in [1.165, 1.54) is 0 Å². The summed E-state index contributed by atoms with van der Waals surface area (Å²) >= 11 is 0. The van der Waals surface area contributed by atoms with Crippen LogP contribution in [0.15, 0.2) is 5.11 Å². The van der Waals surface area contributed by atoms with Gasteiger partial charge in [0, 0.05) is 12.0 Å². The van der Waals surface area contributed by atoms with Crippen LogP contribution in [0, 0.1) is 0 Å². The van der Waals surface area contributed by atoms with Crippen LogP contribution in [0.1, 0.15) is 13.8 Å². The Kier molecular flexibility index (Phi) is 8.27. The lowest BCUT2D eigenvalue weighted by atomic mass is 10.4. The molecule has 0 aliphatic rings. The van der Waals surface area contributed by atoms with E-state index in [9.17, 15) is 0 Å². The predicted octanol–water partition coefficient (Wildman–Crippen LogP) is 1.71. The van der Waals surface area contributed by atoms with Crippen LogP contribution in [0.3, 0.4) is 0 Å². The van der Waals surface area contributed by atoms with E-state index in [2.05, 4.69) is 10.0 Å². The van der Waals surface area contributed by atoms with Gasteiger partial charge in [0.05, 0.1) is 25.4 Å². The highest BCUT2D eigenvalue weighted by molar-refractivity contribution is 4.53. The Hall–Kier alpha value is -0.810. The Morgan fingerprint density at radius 2 is 1.93 bits per heavy atom. The van der Waals surface area contributed by atoms with E-state index in [1.54, 1.807) is 7.11 Å². The third kappa shape index (κ3) is 7.82. The van der Waals surface area contributed by atoms with Crippen LogP contribution in [0.5, 0.6) is 0 Å². The van der Waals surface area contributed by atoms with Crippen molar-refractivity contribution in [2.24, 2.45) is 5.11 Å². The molecule has 0 heterocycles. The Balaban J connectivity index is 3.43. The van der Waals surface area contributed by atoms with Gasteiger partial charge in [0.1, 0.15) is 6.73 Å². The standard InChI is InChI=1S/C8H17N3O3/c1-7(4-12-3)14-8(2)5-13-6-10-11-9/h7-8H,4-6H2,1-3H3. The minimum atomic E-state index is -0.0333. The second kappa shape index (κ2) is 8.77. The quantitative estimate of drug-likeness (QED) is 0.261. The largest absolute Gasteiger partial charge is 0.382 e. The molecule has 6 nitrogen and oxygen atoms in total. The van der Waals surface area contributed by atoms with E-state index >= 15 is 0 Å². The SMILES string of the molecule is COCC(C)OC(C)COCN=[N+]=[N-]. The van der Waals surface area contributed by atoms with Crippen molar-refractivity contribution in [1.29, 1.82) is 0 Å².